The van der Waals surface area contributed by atoms with Crippen molar-refractivity contribution in [2.45, 2.75) is 32.7 Å². The average molecular weight is 402 g/mol. The number of aryl methyl sites for hydroxylation is 2. The summed E-state index contributed by atoms with van der Waals surface area (Å²) in [6.45, 7) is 5.00. The van der Waals surface area contributed by atoms with Crippen molar-refractivity contribution in [3.05, 3.63) is 58.4 Å². The van der Waals surface area contributed by atoms with Crippen LogP contribution in [-0.4, -0.2) is 47.4 Å². The number of carbonyl (C=O) groups is 2. The fourth-order valence-corrected chi connectivity index (χ4v) is 3.36. The lowest BCUT2D eigenvalue weighted by molar-refractivity contribution is -0.134. The van der Waals surface area contributed by atoms with Crippen LogP contribution < -0.4 is 10.1 Å². The molecule has 0 saturated carbocycles. The van der Waals surface area contributed by atoms with Crippen molar-refractivity contribution < 1.29 is 14.3 Å². The van der Waals surface area contributed by atoms with Gasteiger partial charge in [0.05, 0.1) is 0 Å². The largest absolute Gasteiger partial charge is 0.484 e. The molecule has 1 N–H and O–H groups in total. The highest BCUT2D eigenvalue weighted by atomic mass is 35.5. The van der Waals surface area contributed by atoms with E-state index < -0.39 is 0 Å². The highest BCUT2D eigenvalue weighted by Gasteiger charge is 2.24. The zero-order valence-electron chi connectivity index (χ0n) is 16.1. The summed E-state index contributed by atoms with van der Waals surface area (Å²) in [6, 6.07) is 8.96. The van der Waals surface area contributed by atoms with Gasteiger partial charge in [-0.2, -0.15) is 0 Å². The van der Waals surface area contributed by atoms with Crippen LogP contribution in [-0.2, 0) is 4.79 Å². The molecule has 148 valence electrons. The molecule has 7 heteroatoms. The summed E-state index contributed by atoms with van der Waals surface area (Å²) in [4.78, 5) is 30.5. The van der Waals surface area contributed by atoms with E-state index in [2.05, 4.69) is 10.3 Å². The molecule has 0 unspecified atom stereocenters. The lowest BCUT2D eigenvalue weighted by atomic mass is 10.0. The van der Waals surface area contributed by atoms with Crippen LogP contribution in [0.5, 0.6) is 5.75 Å². The Labute approximate surface area is 169 Å². The highest BCUT2D eigenvalue weighted by molar-refractivity contribution is 6.32. The fraction of sp³-hybridized carbons (Fsp3) is 0.381. The number of aromatic nitrogens is 1. The number of amides is 2. The molecular weight excluding hydrogens is 378 g/mol. The molecule has 0 radical (unpaired) electrons. The number of benzene rings is 1. The van der Waals surface area contributed by atoms with E-state index in [1.165, 1.54) is 0 Å². The minimum Gasteiger partial charge on any atom is -0.484 e. The second-order valence-electron chi connectivity index (χ2n) is 7.00. The Balaban J connectivity index is 1.45. The third kappa shape index (κ3) is 5.01. The molecule has 28 heavy (non-hydrogen) atoms. The van der Waals surface area contributed by atoms with Crippen molar-refractivity contribution in [2.75, 3.05) is 19.7 Å². The minimum atomic E-state index is -0.179. The Morgan fingerprint density at radius 1 is 1.21 bits per heavy atom. The predicted octanol–water partition coefficient (Wildman–Crippen LogP) is 3.15. The van der Waals surface area contributed by atoms with E-state index in [0.717, 1.165) is 11.1 Å². The summed E-state index contributed by atoms with van der Waals surface area (Å²) in [5, 5.41) is 3.70. The van der Waals surface area contributed by atoms with Crippen LogP contribution in [0.1, 0.15) is 34.5 Å². The first-order valence-electron chi connectivity index (χ1n) is 9.33. The first kappa shape index (κ1) is 20.1. The molecule has 1 aliphatic heterocycles. The van der Waals surface area contributed by atoms with E-state index in [0.29, 0.717) is 42.4 Å². The SMILES string of the molecule is Cc1cc(OCC(=O)N2CCC(NC(=O)c3ccccn3)CC2)cc(C)c1Cl. The number of pyridine rings is 1. The Kier molecular flexibility index (Phi) is 6.52. The van der Waals surface area contributed by atoms with E-state index >= 15 is 0 Å². The Bertz CT molecular complexity index is 826. The summed E-state index contributed by atoms with van der Waals surface area (Å²) in [7, 11) is 0. The molecule has 3 rings (SSSR count). The summed E-state index contributed by atoms with van der Waals surface area (Å²) >= 11 is 6.16. The zero-order chi connectivity index (χ0) is 20.1. The van der Waals surface area contributed by atoms with Crippen molar-refractivity contribution >= 4 is 23.4 Å². The van der Waals surface area contributed by atoms with Gasteiger partial charge in [-0.15, -0.1) is 0 Å². The average Bonchev–Trinajstić information content (AvgIpc) is 2.71. The van der Waals surface area contributed by atoms with Crippen LogP contribution in [0, 0.1) is 13.8 Å². The normalized spacial score (nSPS) is 14.6. The van der Waals surface area contributed by atoms with Gasteiger partial charge in [-0.05, 0) is 62.1 Å². The molecule has 6 nitrogen and oxygen atoms in total. The van der Waals surface area contributed by atoms with Crippen molar-refractivity contribution in [1.82, 2.24) is 15.2 Å². The van der Waals surface area contributed by atoms with Gasteiger partial charge in [0.1, 0.15) is 11.4 Å². The first-order valence-corrected chi connectivity index (χ1v) is 9.71. The van der Waals surface area contributed by atoms with Gasteiger partial charge in [0, 0.05) is 30.4 Å². The lowest BCUT2D eigenvalue weighted by Gasteiger charge is -2.32. The molecule has 0 atom stereocenters. The molecule has 1 aliphatic rings. The third-order valence-corrected chi connectivity index (χ3v) is 5.45. The summed E-state index contributed by atoms with van der Waals surface area (Å²) in [5.74, 6) is 0.409. The molecule has 1 aromatic heterocycles. The van der Waals surface area contributed by atoms with Crippen molar-refractivity contribution in [1.29, 1.82) is 0 Å². The second-order valence-corrected chi connectivity index (χ2v) is 7.38. The minimum absolute atomic E-state index is 0.00846. The van der Waals surface area contributed by atoms with Gasteiger partial charge in [-0.3, -0.25) is 14.6 Å². The van der Waals surface area contributed by atoms with Gasteiger partial charge in [0.15, 0.2) is 6.61 Å². The van der Waals surface area contributed by atoms with Crippen molar-refractivity contribution in [3.63, 3.8) is 0 Å². The maximum Gasteiger partial charge on any atom is 0.270 e. The fourth-order valence-electron chi connectivity index (χ4n) is 3.26. The number of likely N-dealkylation sites (tertiary alicyclic amines) is 1. The molecule has 0 aliphatic carbocycles. The number of piperidine rings is 1. The molecule has 1 saturated heterocycles. The number of carbonyl (C=O) groups excluding carboxylic acids is 2. The van der Waals surface area contributed by atoms with E-state index in [9.17, 15) is 9.59 Å². The van der Waals surface area contributed by atoms with Gasteiger partial charge in [-0.25, -0.2) is 0 Å². The predicted molar refractivity (Wildman–Crippen MR) is 108 cm³/mol. The molecule has 2 amide bonds. The number of ether oxygens (including phenoxy) is 1. The number of rotatable bonds is 5. The molecular formula is C21H24ClN3O3. The molecule has 2 heterocycles. The quantitative estimate of drug-likeness (QED) is 0.835. The monoisotopic (exact) mass is 401 g/mol. The van der Waals surface area contributed by atoms with Crippen LogP contribution in [0.2, 0.25) is 5.02 Å². The summed E-state index contributed by atoms with van der Waals surface area (Å²) < 4.78 is 5.66. The van der Waals surface area contributed by atoms with E-state index in [1.54, 1.807) is 29.3 Å². The van der Waals surface area contributed by atoms with Crippen LogP contribution >= 0.6 is 11.6 Å². The number of hydrogen-bond acceptors (Lipinski definition) is 4. The zero-order valence-corrected chi connectivity index (χ0v) is 16.8. The molecule has 1 aromatic carbocycles. The van der Waals surface area contributed by atoms with E-state index in [-0.39, 0.29) is 24.5 Å². The van der Waals surface area contributed by atoms with Crippen molar-refractivity contribution in [2.24, 2.45) is 0 Å². The van der Waals surface area contributed by atoms with Gasteiger partial charge in [0.2, 0.25) is 0 Å². The van der Waals surface area contributed by atoms with Crippen LogP contribution in [0.4, 0.5) is 0 Å². The Hall–Kier alpha value is -2.60. The molecule has 1 fully saturated rings. The molecule has 0 spiro atoms. The van der Waals surface area contributed by atoms with E-state index in [4.69, 9.17) is 16.3 Å². The standard InChI is InChI=1S/C21H24ClN3O3/c1-14-11-17(12-15(2)20(14)22)28-13-19(26)25-9-6-16(7-10-25)24-21(27)18-5-3-4-8-23-18/h3-5,8,11-12,16H,6-7,9-10,13H2,1-2H3,(H,24,27). The van der Waals surface area contributed by atoms with Gasteiger partial charge in [-0.1, -0.05) is 17.7 Å². The maximum absolute atomic E-state index is 12.4. The van der Waals surface area contributed by atoms with Crippen LogP contribution in [0.25, 0.3) is 0 Å². The van der Waals surface area contributed by atoms with Crippen molar-refractivity contribution in [3.8, 4) is 5.75 Å². The topological polar surface area (TPSA) is 71.5 Å². The lowest BCUT2D eigenvalue weighted by Crippen LogP contribution is -2.47. The number of nitrogens with zero attached hydrogens (tertiary/aromatic N) is 2. The van der Waals surface area contributed by atoms with Gasteiger partial charge < -0.3 is 15.0 Å². The summed E-state index contributed by atoms with van der Waals surface area (Å²) in [5.41, 5.74) is 2.25. The molecule has 0 bridgehead atoms. The third-order valence-electron chi connectivity index (χ3n) is 4.85. The Morgan fingerprint density at radius 3 is 2.50 bits per heavy atom. The first-order chi connectivity index (χ1) is 13.4. The van der Waals surface area contributed by atoms with Gasteiger partial charge in [0.25, 0.3) is 11.8 Å². The van der Waals surface area contributed by atoms with Crippen LogP contribution in [0.15, 0.2) is 36.5 Å². The number of nitrogens with one attached hydrogen (secondary N) is 1. The summed E-state index contributed by atoms with van der Waals surface area (Å²) in [6.07, 6.45) is 3.02. The highest BCUT2D eigenvalue weighted by Crippen LogP contribution is 2.26. The number of hydrogen-bond donors (Lipinski definition) is 1. The molecule has 2 aromatic rings. The smallest absolute Gasteiger partial charge is 0.270 e. The van der Waals surface area contributed by atoms with Crippen LogP contribution in [0.3, 0.4) is 0 Å². The van der Waals surface area contributed by atoms with Gasteiger partial charge >= 0.3 is 0 Å². The Morgan fingerprint density at radius 2 is 1.89 bits per heavy atom. The van der Waals surface area contributed by atoms with E-state index in [1.807, 2.05) is 26.0 Å². The second kappa shape index (κ2) is 9.06. The maximum atomic E-state index is 12.4. The number of halogens is 1.